The van der Waals surface area contributed by atoms with E-state index in [-0.39, 0.29) is 11.4 Å². The molecule has 0 radical (unpaired) electrons. The number of rotatable bonds is 3. The van der Waals surface area contributed by atoms with Crippen LogP contribution in [0.5, 0.6) is 0 Å². The highest BCUT2D eigenvalue weighted by atomic mass is 79.9. The molecule has 0 saturated carbocycles. The van der Waals surface area contributed by atoms with E-state index < -0.39 is 23.5 Å². The zero-order valence-electron chi connectivity index (χ0n) is 18.3. The number of alkyl halides is 6. The van der Waals surface area contributed by atoms with Crippen LogP contribution in [0.4, 0.5) is 26.3 Å². The van der Waals surface area contributed by atoms with Gasteiger partial charge in [0.15, 0.2) is 0 Å². The van der Waals surface area contributed by atoms with Crippen LogP contribution in [0, 0.1) is 0 Å². The maximum absolute atomic E-state index is 12.9. The van der Waals surface area contributed by atoms with Crippen LogP contribution in [0.25, 0.3) is 0 Å². The molecular weight excluding hydrogens is 658 g/mol. The Hall–Kier alpha value is -1.20. The van der Waals surface area contributed by atoms with Gasteiger partial charge in [0.05, 0.1) is 17.2 Å². The second-order valence-corrected chi connectivity index (χ2v) is 11.4. The first-order chi connectivity index (χ1) is 16.8. The maximum Gasteiger partial charge on any atom is 0.416 e. The van der Waals surface area contributed by atoms with Crippen LogP contribution in [-0.4, -0.2) is 11.9 Å². The van der Waals surface area contributed by atoms with Crippen LogP contribution in [0.3, 0.4) is 0 Å². The third-order valence-electron chi connectivity index (χ3n) is 5.20. The van der Waals surface area contributed by atoms with Crippen molar-refractivity contribution in [3.05, 3.63) is 97.4 Å². The molecule has 4 rings (SSSR count). The van der Waals surface area contributed by atoms with Crippen molar-refractivity contribution in [2.75, 3.05) is 6.61 Å². The molecule has 11 heteroatoms. The van der Waals surface area contributed by atoms with Gasteiger partial charge in [-0.25, -0.2) is 0 Å². The fourth-order valence-corrected chi connectivity index (χ4v) is 5.51. The summed E-state index contributed by atoms with van der Waals surface area (Å²) in [5, 5.41) is 0.854. The van der Waals surface area contributed by atoms with Crippen LogP contribution in [0.15, 0.2) is 80.6 Å². The zero-order valence-corrected chi connectivity index (χ0v) is 23.1. The molecule has 194 valence electrons. The lowest BCUT2D eigenvalue weighted by Crippen LogP contribution is -2.21. The van der Waals surface area contributed by atoms with E-state index in [1.807, 2.05) is 24.3 Å². The fraction of sp³-hybridized carbons (Fsp3) is 0.280. The van der Waals surface area contributed by atoms with Crippen molar-refractivity contribution in [3.8, 4) is 0 Å². The van der Waals surface area contributed by atoms with E-state index >= 15 is 0 Å². The van der Waals surface area contributed by atoms with Gasteiger partial charge in [0.1, 0.15) is 0 Å². The van der Waals surface area contributed by atoms with Gasteiger partial charge >= 0.3 is 12.4 Å². The molecule has 1 fully saturated rings. The number of ether oxygens (including phenoxy) is 1. The Bertz CT molecular complexity index is 1140. The second kappa shape index (κ2) is 12.6. The molecule has 1 nitrogen and oxygen atoms in total. The van der Waals surface area contributed by atoms with E-state index in [1.165, 1.54) is 36.0 Å². The standard InChI is InChI=1S/C18H15BrClF3OS.C7H4BrF3/c19-15-6-3-12(18(21,22)23)9-17(15)25-14-7-8-24-16(10-14)11-1-4-13(20)5-2-11;8-6-3-1-5(2-4-6)7(9,10)11/h1-6,9,14,16H,7-8,10H2;1-4H. The first-order valence-electron chi connectivity index (χ1n) is 10.6. The topological polar surface area (TPSA) is 9.23 Å². The van der Waals surface area contributed by atoms with E-state index in [1.54, 1.807) is 0 Å². The molecule has 0 aromatic heterocycles. The summed E-state index contributed by atoms with van der Waals surface area (Å²) in [4.78, 5) is 0.608. The Balaban J connectivity index is 0.000000275. The molecule has 0 spiro atoms. The summed E-state index contributed by atoms with van der Waals surface area (Å²) >= 11 is 13.8. The first kappa shape index (κ1) is 29.4. The summed E-state index contributed by atoms with van der Waals surface area (Å²) < 4.78 is 81.7. The van der Waals surface area contributed by atoms with Crippen molar-refractivity contribution in [1.29, 1.82) is 0 Å². The lowest BCUT2D eigenvalue weighted by molar-refractivity contribution is -0.138. The Morgan fingerprint density at radius 1 is 0.806 bits per heavy atom. The SMILES string of the molecule is FC(F)(F)c1ccc(Br)c(SC2CCOC(c3ccc(Cl)cc3)C2)c1.FC(F)(F)c1ccc(Br)cc1. The molecule has 2 atom stereocenters. The predicted molar refractivity (Wildman–Crippen MR) is 137 cm³/mol. The highest BCUT2D eigenvalue weighted by molar-refractivity contribution is 9.10. The monoisotopic (exact) mass is 674 g/mol. The second-order valence-electron chi connectivity index (χ2n) is 7.82. The molecule has 1 aliphatic rings. The minimum absolute atomic E-state index is 0.0620. The minimum Gasteiger partial charge on any atom is -0.373 e. The van der Waals surface area contributed by atoms with Gasteiger partial charge in [-0.2, -0.15) is 26.3 Å². The lowest BCUT2D eigenvalue weighted by atomic mass is 10.0. The molecule has 1 aliphatic heterocycles. The van der Waals surface area contributed by atoms with Crippen LogP contribution < -0.4 is 0 Å². The first-order valence-corrected chi connectivity index (χ1v) is 13.4. The number of hydrogen-bond acceptors (Lipinski definition) is 2. The van der Waals surface area contributed by atoms with Crippen molar-refractivity contribution in [2.24, 2.45) is 0 Å². The molecule has 0 amide bonds. The average molecular weight is 677 g/mol. The van der Waals surface area contributed by atoms with Gasteiger partial charge in [-0.15, -0.1) is 11.8 Å². The minimum atomic E-state index is -4.34. The molecule has 0 aliphatic carbocycles. The van der Waals surface area contributed by atoms with Crippen LogP contribution in [-0.2, 0) is 17.1 Å². The quantitative estimate of drug-likeness (QED) is 0.256. The Morgan fingerprint density at radius 3 is 1.97 bits per heavy atom. The summed E-state index contributed by atoms with van der Waals surface area (Å²) in [5.41, 5.74) is -0.210. The largest absolute Gasteiger partial charge is 0.416 e. The zero-order chi connectivity index (χ0) is 26.5. The van der Waals surface area contributed by atoms with Crippen LogP contribution in [0.1, 0.15) is 35.6 Å². The van der Waals surface area contributed by atoms with E-state index in [0.717, 1.165) is 36.6 Å². The third kappa shape index (κ3) is 8.68. The summed E-state index contributed by atoms with van der Waals surface area (Å²) in [6.07, 6.45) is -7.09. The lowest BCUT2D eigenvalue weighted by Gasteiger charge is -2.30. The summed E-state index contributed by atoms with van der Waals surface area (Å²) in [6.45, 7) is 0.585. The summed E-state index contributed by atoms with van der Waals surface area (Å²) in [6, 6.07) is 16.1. The third-order valence-corrected chi connectivity index (χ3v) is 8.29. The van der Waals surface area contributed by atoms with E-state index in [2.05, 4.69) is 31.9 Å². The van der Waals surface area contributed by atoms with Crippen molar-refractivity contribution >= 4 is 55.2 Å². The van der Waals surface area contributed by atoms with Crippen molar-refractivity contribution in [1.82, 2.24) is 0 Å². The van der Waals surface area contributed by atoms with Crippen molar-refractivity contribution in [3.63, 3.8) is 0 Å². The van der Waals surface area contributed by atoms with Crippen LogP contribution in [0.2, 0.25) is 5.02 Å². The molecule has 36 heavy (non-hydrogen) atoms. The Morgan fingerprint density at radius 2 is 1.39 bits per heavy atom. The molecule has 1 heterocycles. The molecule has 3 aromatic rings. The van der Waals surface area contributed by atoms with Gasteiger partial charge in [0, 0.05) is 30.7 Å². The van der Waals surface area contributed by atoms with E-state index in [0.29, 0.717) is 25.5 Å². The fourth-order valence-electron chi connectivity index (χ4n) is 3.37. The van der Waals surface area contributed by atoms with Gasteiger partial charge in [-0.1, -0.05) is 39.7 Å². The summed E-state index contributed by atoms with van der Waals surface area (Å²) in [7, 11) is 0. The molecule has 0 N–H and O–H groups in total. The molecular formula is C25H19Br2ClF6OS. The normalized spacial score (nSPS) is 18.4. The van der Waals surface area contributed by atoms with Gasteiger partial charge in [0.25, 0.3) is 0 Å². The number of thioether (sulfide) groups is 1. The molecule has 3 aromatic carbocycles. The molecule has 0 bridgehead atoms. The number of halogens is 9. The smallest absolute Gasteiger partial charge is 0.373 e. The van der Waals surface area contributed by atoms with Crippen molar-refractivity contribution < 1.29 is 31.1 Å². The highest BCUT2D eigenvalue weighted by Gasteiger charge is 2.32. The predicted octanol–water partition coefficient (Wildman–Crippen LogP) is 10.6. The maximum atomic E-state index is 12.9. The molecule has 1 saturated heterocycles. The van der Waals surface area contributed by atoms with Gasteiger partial charge in [-0.05, 0) is 88.9 Å². The number of benzene rings is 3. The number of hydrogen-bond donors (Lipinski definition) is 0. The van der Waals surface area contributed by atoms with Crippen molar-refractivity contribution in [2.45, 2.75) is 41.4 Å². The Labute approximate surface area is 230 Å². The summed E-state index contributed by atoms with van der Waals surface area (Å²) in [5.74, 6) is 0. The van der Waals surface area contributed by atoms with E-state index in [9.17, 15) is 26.3 Å². The van der Waals surface area contributed by atoms with Gasteiger partial charge in [0.2, 0.25) is 0 Å². The Kier molecular flexibility index (Phi) is 10.2. The highest BCUT2D eigenvalue weighted by Crippen LogP contribution is 2.42. The molecule has 2 unspecified atom stereocenters. The average Bonchev–Trinajstić information content (AvgIpc) is 2.80. The van der Waals surface area contributed by atoms with E-state index in [4.69, 9.17) is 16.3 Å². The van der Waals surface area contributed by atoms with Gasteiger partial charge < -0.3 is 4.74 Å². The van der Waals surface area contributed by atoms with Crippen LogP contribution >= 0.6 is 55.2 Å². The van der Waals surface area contributed by atoms with Gasteiger partial charge in [-0.3, -0.25) is 0 Å².